The molecule has 1 fully saturated rings. The second kappa shape index (κ2) is 5.87. The Morgan fingerprint density at radius 2 is 1.94 bits per heavy atom. The highest BCUT2D eigenvalue weighted by Gasteiger charge is 2.15. The average Bonchev–Trinajstić information content (AvgIpc) is 2.83. The topological polar surface area (TPSA) is 44.5 Å². The van der Waals surface area contributed by atoms with Gasteiger partial charge in [0.1, 0.15) is 0 Å². The summed E-state index contributed by atoms with van der Waals surface area (Å²) in [4.78, 5) is 10.6. The van der Waals surface area contributed by atoms with Crippen LogP contribution in [0.2, 0.25) is 0 Å². The lowest BCUT2D eigenvalue weighted by Gasteiger charge is -2.11. The lowest BCUT2D eigenvalue weighted by atomic mass is 10.1. The summed E-state index contributed by atoms with van der Waals surface area (Å²) in [5, 5.41) is 0. The molecule has 88 valence electrons. The molecule has 3 nitrogen and oxygen atoms in total. The molecule has 2 rings (SSSR count). The summed E-state index contributed by atoms with van der Waals surface area (Å²) >= 11 is 0. The van der Waals surface area contributed by atoms with E-state index >= 15 is 0 Å². The molecule has 0 radical (unpaired) electrons. The highest BCUT2D eigenvalue weighted by Crippen LogP contribution is 2.25. The first-order valence-electron chi connectivity index (χ1n) is 5.97. The standard InChI is InChI=1S/C13H19NO2/c14-9-12-7-3-4-8-13(12)16-15-10-11-5-1-2-6-11/h3-4,7-8,11H,1-2,5-6,9-10,14H2. The molecule has 0 unspecified atom stereocenters. The second-order valence-electron chi connectivity index (χ2n) is 4.33. The van der Waals surface area contributed by atoms with E-state index in [1.807, 2.05) is 24.3 Å². The Labute approximate surface area is 96.5 Å². The van der Waals surface area contributed by atoms with E-state index in [0.717, 1.165) is 11.3 Å². The number of nitrogens with two attached hydrogens (primary N) is 1. The average molecular weight is 221 g/mol. The summed E-state index contributed by atoms with van der Waals surface area (Å²) in [5.41, 5.74) is 6.59. The SMILES string of the molecule is NCc1ccccc1OOCC1CCCC1. The number of rotatable bonds is 5. The molecule has 1 saturated carbocycles. The van der Waals surface area contributed by atoms with Crippen molar-refractivity contribution in [3.63, 3.8) is 0 Å². The number of hydrogen-bond donors (Lipinski definition) is 1. The summed E-state index contributed by atoms with van der Waals surface area (Å²) < 4.78 is 0. The summed E-state index contributed by atoms with van der Waals surface area (Å²) in [6, 6.07) is 7.71. The molecule has 16 heavy (non-hydrogen) atoms. The summed E-state index contributed by atoms with van der Waals surface area (Å²) in [6.07, 6.45) is 5.19. The lowest BCUT2D eigenvalue weighted by Crippen LogP contribution is -2.09. The summed E-state index contributed by atoms with van der Waals surface area (Å²) in [7, 11) is 0. The van der Waals surface area contributed by atoms with E-state index in [2.05, 4.69) is 0 Å². The van der Waals surface area contributed by atoms with Crippen molar-refractivity contribution in [2.24, 2.45) is 11.7 Å². The minimum atomic E-state index is 0.475. The number of hydrogen-bond acceptors (Lipinski definition) is 3. The molecule has 3 heteroatoms. The van der Waals surface area contributed by atoms with Gasteiger partial charge in [-0.3, -0.25) is 0 Å². The molecule has 0 aliphatic heterocycles. The van der Waals surface area contributed by atoms with Crippen molar-refractivity contribution in [3.8, 4) is 5.75 Å². The van der Waals surface area contributed by atoms with Gasteiger partial charge < -0.3 is 10.6 Å². The molecule has 0 spiro atoms. The van der Waals surface area contributed by atoms with Crippen LogP contribution in [0.15, 0.2) is 24.3 Å². The van der Waals surface area contributed by atoms with Crippen LogP contribution in [0, 0.1) is 5.92 Å². The fourth-order valence-corrected chi connectivity index (χ4v) is 2.12. The Balaban J connectivity index is 1.79. The Kier molecular flexibility index (Phi) is 4.19. The van der Waals surface area contributed by atoms with Crippen molar-refractivity contribution >= 4 is 0 Å². The molecule has 1 aromatic carbocycles. The first-order valence-corrected chi connectivity index (χ1v) is 5.97. The normalized spacial score (nSPS) is 16.6. The van der Waals surface area contributed by atoms with E-state index in [0.29, 0.717) is 19.1 Å². The van der Waals surface area contributed by atoms with Crippen LogP contribution in [0.5, 0.6) is 5.75 Å². The summed E-state index contributed by atoms with van der Waals surface area (Å²) in [6.45, 7) is 1.17. The van der Waals surface area contributed by atoms with Crippen LogP contribution in [0.4, 0.5) is 0 Å². The van der Waals surface area contributed by atoms with Crippen LogP contribution in [0.25, 0.3) is 0 Å². The molecule has 0 heterocycles. The van der Waals surface area contributed by atoms with Gasteiger partial charge in [-0.15, -0.1) is 0 Å². The van der Waals surface area contributed by atoms with Gasteiger partial charge in [0, 0.05) is 12.1 Å². The van der Waals surface area contributed by atoms with Crippen LogP contribution < -0.4 is 10.6 Å². The molecular weight excluding hydrogens is 202 g/mol. The second-order valence-corrected chi connectivity index (χ2v) is 4.33. The molecule has 0 saturated heterocycles. The molecule has 0 atom stereocenters. The zero-order valence-corrected chi connectivity index (χ0v) is 9.52. The third-order valence-electron chi connectivity index (χ3n) is 3.12. The maximum Gasteiger partial charge on any atom is 0.169 e. The Hall–Kier alpha value is -1.06. The van der Waals surface area contributed by atoms with Gasteiger partial charge in [-0.25, -0.2) is 0 Å². The maximum absolute atomic E-state index is 5.61. The molecule has 1 aliphatic rings. The van der Waals surface area contributed by atoms with Crippen LogP contribution in [0.3, 0.4) is 0 Å². The first-order chi connectivity index (χ1) is 7.90. The van der Waals surface area contributed by atoms with Crippen LogP contribution in [-0.4, -0.2) is 6.61 Å². The van der Waals surface area contributed by atoms with E-state index in [-0.39, 0.29) is 0 Å². The molecule has 1 aliphatic carbocycles. The zero-order valence-electron chi connectivity index (χ0n) is 9.52. The smallest absolute Gasteiger partial charge is 0.169 e. The molecule has 0 aromatic heterocycles. The van der Waals surface area contributed by atoms with Crippen LogP contribution in [0.1, 0.15) is 31.2 Å². The van der Waals surface area contributed by atoms with E-state index < -0.39 is 0 Å². The minimum Gasteiger partial charge on any atom is -0.337 e. The molecule has 1 aromatic rings. The van der Waals surface area contributed by atoms with Gasteiger partial charge >= 0.3 is 0 Å². The fourth-order valence-electron chi connectivity index (χ4n) is 2.12. The Morgan fingerprint density at radius 3 is 2.69 bits per heavy atom. The highest BCUT2D eigenvalue weighted by atomic mass is 17.2. The zero-order chi connectivity index (χ0) is 11.2. The van der Waals surface area contributed by atoms with Crippen molar-refractivity contribution in [1.82, 2.24) is 0 Å². The molecule has 0 bridgehead atoms. The van der Waals surface area contributed by atoms with Gasteiger partial charge in [-0.05, 0) is 24.8 Å². The van der Waals surface area contributed by atoms with E-state index in [1.54, 1.807) is 0 Å². The van der Waals surface area contributed by atoms with Gasteiger partial charge in [0.25, 0.3) is 0 Å². The van der Waals surface area contributed by atoms with Gasteiger partial charge in [-0.1, -0.05) is 31.0 Å². The number of benzene rings is 1. The van der Waals surface area contributed by atoms with E-state index in [4.69, 9.17) is 15.5 Å². The first kappa shape index (κ1) is 11.4. The minimum absolute atomic E-state index is 0.475. The van der Waals surface area contributed by atoms with Crippen LogP contribution in [-0.2, 0) is 11.4 Å². The molecule has 2 N–H and O–H groups in total. The van der Waals surface area contributed by atoms with Gasteiger partial charge in [0.2, 0.25) is 0 Å². The maximum atomic E-state index is 5.61. The van der Waals surface area contributed by atoms with Gasteiger partial charge in [0.15, 0.2) is 5.75 Å². The van der Waals surface area contributed by atoms with Gasteiger partial charge in [0.05, 0.1) is 6.61 Å². The Morgan fingerprint density at radius 1 is 1.19 bits per heavy atom. The monoisotopic (exact) mass is 221 g/mol. The van der Waals surface area contributed by atoms with Crippen molar-refractivity contribution in [3.05, 3.63) is 29.8 Å². The van der Waals surface area contributed by atoms with Crippen molar-refractivity contribution < 1.29 is 9.78 Å². The van der Waals surface area contributed by atoms with Crippen LogP contribution >= 0.6 is 0 Å². The molecule has 0 amide bonds. The van der Waals surface area contributed by atoms with Crippen molar-refractivity contribution in [2.45, 2.75) is 32.2 Å². The van der Waals surface area contributed by atoms with Crippen molar-refractivity contribution in [2.75, 3.05) is 6.61 Å². The van der Waals surface area contributed by atoms with E-state index in [9.17, 15) is 0 Å². The quantitative estimate of drug-likeness (QED) is 0.614. The van der Waals surface area contributed by atoms with E-state index in [1.165, 1.54) is 25.7 Å². The Bertz CT molecular complexity index is 321. The van der Waals surface area contributed by atoms with Crippen molar-refractivity contribution in [1.29, 1.82) is 0 Å². The predicted molar refractivity (Wildman–Crippen MR) is 62.9 cm³/mol. The lowest BCUT2D eigenvalue weighted by molar-refractivity contribution is -0.216. The summed E-state index contributed by atoms with van der Waals surface area (Å²) in [5.74, 6) is 1.41. The number of para-hydroxylation sites is 1. The largest absolute Gasteiger partial charge is 0.337 e. The third-order valence-corrected chi connectivity index (χ3v) is 3.12. The molecular formula is C13H19NO2. The van der Waals surface area contributed by atoms with Gasteiger partial charge in [-0.2, -0.15) is 4.89 Å². The predicted octanol–water partition coefficient (Wildman–Crippen LogP) is 2.65. The third kappa shape index (κ3) is 2.97. The highest BCUT2D eigenvalue weighted by molar-refractivity contribution is 5.32. The fraction of sp³-hybridized carbons (Fsp3) is 0.538.